The van der Waals surface area contributed by atoms with Crippen molar-refractivity contribution in [1.82, 2.24) is 0 Å². The molecule has 5 rings (SSSR count). The van der Waals surface area contributed by atoms with Crippen molar-refractivity contribution in [3.8, 4) is 0 Å². The van der Waals surface area contributed by atoms with Crippen LogP contribution in [-0.4, -0.2) is 11.6 Å². The molecule has 0 spiro atoms. The maximum absolute atomic E-state index is 12.2. The normalized spacial score (nSPS) is 57.3. The van der Waals surface area contributed by atoms with E-state index in [4.69, 9.17) is 4.74 Å². The van der Waals surface area contributed by atoms with Crippen LogP contribution in [-0.2, 0) is 9.53 Å². The van der Waals surface area contributed by atoms with Crippen molar-refractivity contribution in [2.75, 3.05) is 0 Å². The number of fused-ring (bicyclic) bond motifs is 7. The average molecular weight is 415 g/mol. The highest BCUT2D eigenvalue weighted by Crippen LogP contribution is 2.77. The van der Waals surface area contributed by atoms with E-state index in [1.165, 1.54) is 51.4 Å². The van der Waals surface area contributed by atoms with E-state index in [0.717, 1.165) is 24.7 Å². The van der Waals surface area contributed by atoms with Crippen LogP contribution in [0.1, 0.15) is 119 Å². The fraction of sp³-hybridized carbons (Fsp3) is 0.964. The number of carbonyl (C=O) groups excluding carboxylic acids is 1. The standard InChI is InChI=1S/C28H46O2/c1-23(2)12-13-24(3)14-16-26(5)19-10-11-28(7)20(8-9-22(29)30-28)25(19,4)15-17-27(26,6)21(24)18-23/h19-21H,8-18H2,1-7H3/t19-,20-,21+,24+,25+,26+,27-,28-/m0/s1. The van der Waals surface area contributed by atoms with Crippen LogP contribution in [0, 0.1) is 44.8 Å². The van der Waals surface area contributed by atoms with Crippen molar-refractivity contribution in [2.45, 2.75) is 125 Å². The predicted octanol–water partition coefficient (Wildman–Crippen LogP) is 7.55. The highest BCUT2D eigenvalue weighted by Gasteiger charge is 2.70. The van der Waals surface area contributed by atoms with Gasteiger partial charge < -0.3 is 4.74 Å². The molecule has 0 radical (unpaired) electrons. The number of rotatable bonds is 0. The molecule has 4 aliphatic carbocycles. The van der Waals surface area contributed by atoms with Gasteiger partial charge in [0, 0.05) is 12.3 Å². The van der Waals surface area contributed by atoms with Gasteiger partial charge in [0.15, 0.2) is 0 Å². The van der Waals surface area contributed by atoms with Gasteiger partial charge in [0.05, 0.1) is 0 Å². The lowest BCUT2D eigenvalue weighted by Gasteiger charge is -2.74. The zero-order chi connectivity index (χ0) is 21.8. The Kier molecular flexibility index (Phi) is 4.32. The molecule has 0 aromatic heterocycles. The molecule has 0 amide bonds. The lowest BCUT2D eigenvalue weighted by molar-refractivity contribution is -0.268. The maximum Gasteiger partial charge on any atom is 0.306 e. The van der Waals surface area contributed by atoms with E-state index in [0.29, 0.717) is 39.4 Å². The van der Waals surface area contributed by atoms with Crippen molar-refractivity contribution in [2.24, 2.45) is 44.8 Å². The summed E-state index contributed by atoms with van der Waals surface area (Å²) in [5, 5.41) is 0. The summed E-state index contributed by atoms with van der Waals surface area (Å²) in [6.07, 6.45) is 13.8. The molecular weight excluding hydrogens is 368 g/mol. The Balaban J connectivity index is 1.54. The second-order valence-corrected chi connectivity index (χ2v) is 14.4. The molecule has 170 valence electrons. The first-order valence-corrected chi connectivity index (χ1v) is 13.0. The summed E-state index contributed by atoms with van der Waals surface area (Å²) >= 11 is 0. The summed E-state index contributed by atoms with van der Waals surface area (Å²) in [4.78, 5) is 12.2. The fourth-order valence-electron chi connectivity index (χ4n) is 10.4. The zero-order valence-electron chi connectivity index (χ0n) is 20.8. The second-order valence-electron chi connectivity index (χ2n) is 14.4. The van der Waals surface area contributed by atoms with Crippen LogP contribution in [0.2, 0.25) is 0 Å². The van der Waals surface area contributed by atoms with Gasteiger partial charge in [-0.25, -0.2) is 0 Å². The number of esters is 1. The van der Waals surface area contributed by atoms with Crippen LogP contribution in [0.25, 0.3) is 0 Å². The molecule has 0 unspecified atom stereocenters. The van der Waals surface area contributed by atoms with Gasteiger partial charge in [-0.15, -0.1) is 0 Å². The zero-order valence-corrected chi connectivity index (χ0v) is 20.8. The highest BCUT2D eigenvalue weighted by molar-refractivity contribution is 5.71. The van der Waals surface area contributed by atoms with Gasteiger partial charge in [-0.05, 0) is 110 Å². The Hall–Kier alpha value is -0.530. The van der Waals surface area contributed by atoms with E-state index in [1.807, 2.05) is 0 Å². The minimum Gasteiger partial charge on any atom is -0.459 e. The van der Waals surface area contributed by atoms with Crippen molar-refractivity contribution in [1.29, 1.82) is 0 Å². The first kappa shape index (κ1) is 21.3. The number of hydrogen-bond donors (Lipinski definition) is 0. The van der Waals surface area contributed by atoms with Crippen LogP contribution in [0.5, 0.6) is 0 Å². The molecule has 0 aromatic carbocycles. The lowest BCUT2D eigenvalue weighted by atomic mass is 9.31. The third-order valence-electron chi connectivity index (χ3n) is 12.5. The van der Waals surface area contributed by atoms with E-state index in [1.54, 1.807) is 0 Å². The van der Waals surface area contributed by atoms with Crippen molar-refractivity contribution >= 4 is 5.97 Å². The molecule has 0 bridgehead atoms. The fourth-order valence-corrected chi connectivity index (χ4v) is 10.4. The quantitative estimate of drug-likeness (QED) is 0.382. The topological polar surface area (TPSA) is 26.3 Å². The summed E-state index contributed by atoms with van der Waals surface area (Å²) in [5.74, 6) is 2.21. The molecule has 2 nitrogen and oxygen atoms in total. The summed E-state index contributed by atoms with van der Waals surface area (Å²) in [7, 11) is 0. The molecule has 1 aliphatic heterocycles. The Morgan fingerprint density at radius 2 is 1.33 bits per heavy atom. The molecule has 1 heterocycles. The van der Waals surface area contributed by atoms with Gasteiger partial charge in [-0.3, -0.25) is 4.79 Å². The van der Waals surface area contributed by atoms with Gasteiger partial charge >= 0.3 is 5.97 Å². The molecule has 8 atom stereocenters. The number of ether oxygens (including phenoxy) is 1. The minimum atomic E-state index is -0.222. The molecule has 2 heteroatoms. The Labute approximate surface area is 185 Å². The van der Waals surface area contributed by atoms with E-state index in [2.05, 4.69) is 48.5 Å². The summed E-state index contributed by atoms with van der Waals surface area (Å²) in [6.45, 7) is 18.0. The monoisotopic (exact) mass is 414 g/mol. The minimum absolute atomic E-state index is 0.0422. The summed E-state index contributed by atoms with van der Waals surface area (Å²) in [5.41, 5.74) is 2.00. The Morgan fingerprint density at radius 3 is 2.07 bits per heavy atom. The third-order valence-corrected chi connectivity index (χ3v) is 12.5. The van der Waals surface area contributed by atoms with E-state index >= 15 is 0 Å². The third kappa shape index (κ3) is 2.57. The predicted molar refractivity (Wildman–Crippen MR) is 122 cm³/mol. The number of hydrogen-bond acceptors (Lipinski definition) is 2. The maximum atomic E-state index is 12.2. The molecular formula is C28H46O2. The molecule has 5 fully saturated rings. The van der Waals surface area contributed by atoms with Crippen molar-refractivity contribution in [3.05, 3.63) is 0 Å². The molecule has 0 aromatic rings. The van der Waals surface area contributed by atoms with E-state index in [9.17, 15) is 4.79 Å². The summed E-state index contributed by atoms with van der Waals surface area (Å²) < 4.78 is 6.08. The summed E-state index contributed by atoms with van der Waals surface area (Å²) in [6, 6.07) is 0. The Morgan fingerprint density at radius 1 is 0.700 bits per heavy atom. The Bertz CT molecular complexity index is 756. The molecule has 5 aliphatic rings. The SMILES string of the molecule is CC1(C)CC[C@]2(C)CC[C@]3(C)[C@H]4CC[C@]5(C)OC(=O)CC[C@H]5[C@]4(C)CC[C@@]3(C)[C@@H]2C1. The number of carbonyl (C=O) groups is 1. The average Bonchev–Trinajstić information content (AvgIpc) is 2.64. The van der Waals surface area contributed by atoms with Crippen LogP contribution >= 0.6 is 0 Å². The van der Waals surface area contributed by atoms with E-state index in [-0.39, 0.29) is 11.6 Å². The van der Waals surface area contributed by atoms with Gasteiger partial charge in [-0.2, -0.15) is 0 Å². The second kappa shape index (κ2) is 6.07. The molecule has 1 saturated heterocycles. The van der Waals surface area contributed by atoms with Crippen molar-refractivity contribution < 1.29 is 9.53 Å². The van der Waals surface area contributed by atoms with Gasteiger partial charge in [0.1, 0.15) is 5.60 Å². The molecule has 4 saturated carbocycles. The van der Waals surface area contributed by atoms with Crippen molar-refractivity contribution in [3.63, 3.8) is 0 Å². The van der Waals surface area contributed by atoms with Crippen LogP contribution in [0.4, 0.5) is 0 Å². The molecule has 0 N–H and O–H groups in total. The van der Waals surface area contributed by atoms with Crippen LogP contribution in [0.3, 0.4) is 0 Å². The first-order chi connectivity index (χ1) is 13.8. The lowest BCUT2D eigenvalue weighted by Crippen LogP contribution is -2.68. The van der Waals surface area contributed by atoms with Crippen LogP contribution in [0.15, 0.2) is 0 Å². The highest BCUT2D eigenvalue weighted by atomic mass is 16.6. The van der Waals surface area contributed by atoms with Gasteiger partial charge in [0.2, 0.25) is 0 Å². The molecule has 30 heavy (non-hydrogen) atoms. The largest absolute Gasteiger partial charge is 0.459 e. The van der Waals surface area contributed by atoms with Gasteiger partial charge in [0.25, 0.3) is 0 Å². The smallest absolute Gasteiger partial charge is 0.306 e. The van der Waals surface area contributed by atoms with Gasteiger partial charge in [-0.1, -0.05) is 41.5 Å². The first-order valence-electron chi connectivity index (χ1n) is 13.0. The van der Waals surface area contributed by atoms with E-state index < -0.39 is 0 Å². The van der Waals surface area contributed by atoms with Crippen LogP contribution < -0.4 is 0 Å².